The number of carbonyl (C=O) groups excluding carboxylic acids is 1. The molecule has 31 heavy (non-hydrogen) atoms. The van der Waals surface area contributed by atoms with Gasteiger partial charge in [-0.1, -0.05) is 45.7 Å². The lowest BCUT2D eigenvalue weighted by atomic mass is 9.97. The van der Waals surface area contributed by atoms with Crippen LogP contribution in [-0.2, 0) is 0 Å². The number of alkyl halides is 1. The highest BCUT2D eigenvalue weighted by Crippen LogP contribution is 2.41. The van der Waals surface area contributed by atoms with Gasteiger partial charge >= 0.3 is 0 Å². The van der Waals surface area contributed by atoms with Gasteiger partial charge in [-0.15, -0.1) is 0 Å². The summed E-state index contributed by atoms with van der Waals surface area (Å²) in [7, 11) is 0. The number of nitrogens with zero attached hydrogens (tertiary/aromatic N) is 1. The molecule has 0 aliphatic carbocycles. The van der Waals surface area contributed by atoms with E-state index in [2.05, 4.69) is 38.2 Å². The zero-order valence-corrected chi connectivity index (χ0v) is 20.9. The van der Waals surface area contributed by atoms with Crippen molar-refractivity contribution in [2.24, 2.45) is 0 Å². The third-order valence-electron chi connectivity index (χ3n) is 4.72. The summed E-state index contributed by atoms with van der Waals surface area (Å²) >= 11 is 2.04. The molecule has 2 aromatic rings. The van der Waals surface area contributed by atoms with E-state index in [1.54, 1.807) is 0 Å². The predicted molar refractivity (Wildman–Crippen MR) is 128 cm³/mol. The molecule has 2 rings (SSSR count). The highest BCUT2D eigenvalue weighted by molar-refractivity contribution is 14.1. The van der Waals surface area contributed by atoms with Crippen LogP contribution in [0.15, 0.2) is 16.7 Å². The molecule has 1 aromatic heterocycles. The molecule has 0 spiro atoms. The fourth-order valence-corrected chi connectivity index (χ4v) is 3.67. The summed E-state index contributed by atoms with van der Waals surface area (Å²) in [6, 6.07) is 3.93. The van der Waals surface area contributed by atoms with Crippen molar-refractivity contribution in [1.29, 1.82) is 0 Å². The first-order valence-electron chi connectivity index (χ1n) is 10.9. The molecule has 1 amide bonds. The molecule has 0 radical (unpaired) electrons. The number of halogens is 2. The number of carbonyl (C=O) groups is 1. The molecule has 0 unspecified atom stereocenters. The SMILES string of the molecule is CCCCOc1cc(OCCCC)c(C(C)C)cc1-c1noc(C(=O)NCCF)c1I. The van der Waals surface area contributed by atoms with Gasteiger partial charge in [0.2, 0.25) is 5.76 Å². The quantitative estimate of drug-likeness (QED) is 0.242. The molecule has 1 N–H and O–H groups in total. The van der Waals surface area contributed by atoms with E-state index in [0.717, 1.165) is 42.6 Å². The monoisotopic (exact) mass is 546 g/mol. The van der Waals surface area contributed by atoms with E-state index in [4.69, 9.17) is 14.0 Å². The first-order chi connectivity index (χ1) is 14.9. The third kappa shape index (κ3) is 6.82. The van der Waals surface area contributed by atoms with E-state index in [-0.39, 0.29) is 18.2 Å². The largest absolute Gasteiger partial charge is 0.493 e. The molecular formula is C23H32FIN2O4. The number of aromatic nitrogens is 1. The van der Waals surface area contributed by atoms with E-state index < -0.39 is 12.6 Å². The van der Waals surface area contributed by atoms with Crippen LogP contribution in [0.2, 0.25) is 0 Å². The van der Waals surface area contributed by atoms with Crippen LogP contribution in [0.5, 0.6) is 11.5 Å². The van der Waals surface area contributed by atoms with Crippen molar-refractivity contribution in [3.63, 3.8) is 0 Å². The van der Waals surface area contributed by atoms with Crippen LogP contribution in [0.1, 0.15) is 75.4 Å². The lowest BCUT2D eigenvalue weighted by molar-refractivity contribution is 0.0912. The lowest BCUT2D eigenvalue weighted by Gasteiger charge is -2.19. The number of benzene rings is 1. The Hall–Kier alpha value is -1.84. The molecule has 0 atom stereocenters. The van der Waals surface area contributed by atoms with Crippen LogP contribution in [0.25, 0.3) is 11.3 Å². The Morgan fingerprint density at radius 2 is 1.81 bits per heavy atom. The Balaban J connectivity index is 2.50. The van der Waals surface area contributed by atoms with E-state index in [1.807, 2.05) is 34.7 Å². The number of ether oxygens (including phenoxy) is 2. The average molecular weight is 546 g/mol. The van der Waals surface area contributed by atoms with Crippen molar-refractivity contribution in [1.82, 2.24) is 10.5 Å². The van der Waals surface area contributed by atoms with E-state index in [1.165, 1.54) is 0 Å². The summed E-state index contributed by atoms with van der Waals surface area (Å²) < 4.78 is 30.5. The van der Waals surface area contributed by atoms with Crippen LogP contribution in [0.4, 0.5) is 4.39 Å². The molecule has 1 aromatic carbocycles. The highest BCUT2D eigenvalue weighted by Gasteiger charge is 2.25. The first kappa shape index (κ1) is 25.4. The maximum absolute atomic E-state index is 12.4. The second kappa shape index (κ2) is 12.9. The van der Waals surface area contributed by atoms with Gasteiger partial charge in [0.15, 0.2) is 0 Å². The number of nitrogens with one attached hydrogen (secondary N) is 1. The summed E-state index contributed by atoms with van der Waals surface area (Å²) in [6.45, 7) is 8.94. The summed E-state index contributed by atoms with van der Waals surface area (Å²) in [5, 5.41) is 6.63. The van der Waals surface area contributed by atoms with Gasteiger partial charge in [0, 0.05) is 18.2 Å². The summed E-state index contributed by atoms with van der Waals surface area (Å²) in [5.74, 6) is 1.25. The number of hydrogen-bond acceptors (Lipinski definition) is 5. The van der Waals surface area contributed by atoms with Crippen LogP contribution in [-0.4, -0.2) is 37.5 Å². The van der Waals surface area contributed by atoms with Crippen molar-refractivity contribution in [3.05, 3.63) is 27.0 Å². The van der Waals surface area contributed by atoms with E-state index in [9.17, 15) is 9.18 Å². The Morgan fingerprint density at radius 3 is 2.39 bits per heavy atom. The zero-order chi connectivity index (χ0) is 22.8. The zero-order valence-electron chi connectivity index (χ0n) is 18.7. The molecule has 8 heteroatoms. The first-order valence-corrected chi connectivity index (χ1v) is 12.0. The predicted octanol–water partition coefficient (Wildman–Crippen LogP) is 6.13. The minimum absolute atomic E-state index is 0.0675. The van der Waals surface area contributed by atoms with Gasteiger partial charge in [-0.05, 0) is 53.0 Å². The maximum atomic E-state index is 12.4. The minimum atomic E-state index is -0.643. The molecule has 0 saturated heterocycles. The number of amides is 1. The standard InChI is InChI=1S/C23H32FIN2O4/c1-5-7-11-29-18-14-19(30-12-8-6-2)17(13-16(18)15(3)4)21-20(25)22(31-27-21)23(28)26-10-9-24/h13-15H,5-12H2,1-4H3,(H,26,28). The Labute approximate surface area is 197 Å². The van der Waals surface area contributed by atoms with Crippen molar-refractivity contribution in [2.75, 3.05) is 26.4 Å². The molecule has 0 bridgehead atoms. The third-order valence-corrected chi connectivity index (χ3v) is 5.72. The second-order valence-corrected chi connectivity index (χ2v) is 8.64. The van der Waals surface area contributed by atoms with Crippen molar-refractivity contribution in [2.45, 2.75) is 59.3 Å². The normalized spacial score (nSPS) is 11.1. The number of rotatable bonds is 13. The van der Waals surface area contributed by atoms with E-state index >= 15 is 0 Å². The molecule has 6 nitrogen and oxygen atoms in total. The van der Waals surface area contributed by atoms with Gasteiger partial charge in [-0.25, -0.2) is 4.39 Å². The molecule has 0 aliphatic rings. The lowest BCUT2D eigenvalue weighted by Crippen LogP contribution is -2.25. The molecular weight excluding hydrogens is 514 g/mol. The Kier molecular flexibility index (Phi) is 10.6. The highest BCUT2D eigenvalue weighted by atomic mass is 127. The van der Waals surface area contributed by atoms with Gasteiger partial charge in [-0.2, -0.15) is 0 Å². The number of unbranched alkanes of at least 4 members (excludes halogenated alkanes) is 2. The van der Waals surface area contributed by atoms with Crippen LogP contribution in [0, 0.1) is 3.57 Å². The Bertz CT molecular complexity index is 854. The molecule has 0 aliphatic heterocycles. The fraction of sp³-hybridized carbons (Fsp3) is 0.565. The summed E-state index contributed by atoms with van der Waals surface area (Å²) in [6.07, 6.45) is 3.97. The smallest absolute Gasteiger partial charge is 0.291 e. The molecule has 0 fully saturated rings. The van der Waals surface area contributed by atoms with Crippen molar-refractivity contribution >= 4 is 28.5 Å². The van der Waals surface area contributed by atoms with Gasteiger partial charge in [-0.3, -0.25) is 4.79 Å². The van der Waals surface area contributed by atoms with Crippen LogP contribution >= 0.6 is 22.6 Å². The van der Waals surface area contributed by atoms with Gasteiger partial charge in [0.25, 0.3) is 5.91 Å². The van der Waals surface area contributed by atoms with Gasteiger partial charge in [0.05, 0.1) is 16.8 Å². The van der Waals surface area contributed by atoms with Gasteiger partial charge in [0.1, 0.15) is 23.9 Å². The second-order valence-electron chi connectivity index (χ2n) is 7.56. The maximum Gasteiger partial charge on any atom is 0.291 e. The number of hydrogen-bond donors (Lipinski definition) is 1. The molecule has 1 heterocycles. The van der Waals surface area contributed by atoms with E-state index in [0.29, 0.717) is 28.2 Å². The molecule has 0 saturated carbocycles. The fourth-order valence-electron chi connectivity index (χ4n) is 2.94. The topological polar surface area (TPSA) is 73.6 Å². The summed E-state index contributed by atoms with van der Waals surface area (Å²) in [5.41, 5.74) is 2.32. The van der Waals surface area contributed by atoms with Gasteiger partial charge < -0.3 is 19.3 Å². The minimum Gasteiger partial charge on any atom is -0.493 e. The molecule has 172 valence electrons. The van der Waals surface area contributed by atoms with Crippen LogP contribution in [0.3, 0.4) is 0 Å². The van der Waals surface area contributed by atoms with Crippen molar-refractivity contribution in [3.8, 4) is 22.8 Å². The van der Waals surface area contributed by atoms with Crippen molar-refractivity contribution < 1.29 is 23.2 Å². The van der Waals surface area contributed by atoms with Crippen LogP contribution < -0.4 is 14.8 Å². The Morgan fingerprint density at radius 1 is 1.16 bits per heavy atom. The summed E-state index contributed by atoms with van der Waals surface area (Å²) in [4.78, 5) is 12.3. The average Bonchev–Trinajstić information content (AvgIpc) is 3.13.